The largest absolute Gasteiger partial charge is 0.382 e. The van der Waals surface area contributed by atoms with E-state index < -0.39 is 0 Å². The summed E-state index contributed by atoms with van der Waals surface area (Å²) in [5, 5.41) is 7.27. The average Bonchev–Trinajstić information content (AvgIpc) is 2.67. The third-order valence-corrected chi connectivity index (χ3v) is 4.27. The highest BCUT2D eigenvalue weighted by Gasteiger charge is 2.25. The van der Waals surface area contributed by atoms with E-state index in [1.807, 2.05) is 0 Å². The first kappa shape index (κ1) is 11.1. The molecule has 2 N–H and O–H groups in total. The minimum atomic E-state index is 0.699. The zero-order valence-electron chi connectivity index (χ0n) is 10.4. The Morgan fingerprint density at radius 1 is 1.00 bits per heavy atom. The summed E-state index contributed by atoms with van der Waals surface area (Å²) in [6, 6.07) is 9.48. The Morgan fingerprint density at radius 2 is 1.94 bits per heavy atom. The minimum Gasteiger partial charge on any atom is -0.382 e. The molecule has 0 amide bonds. The van der Waals surface area contributed by atoms with Crippen LogP contribution in [0.3, 0.4) is 0 Å². The fraction of sp³-hybridized carbons (Fsp3) is 0.600. The summed E-state index contributed by atoms with van der Waals surface area (Å²) in [6.45, 7) is 2.41. The van der Waals surface area contributed by atoms with Gasteiger partial charge in [0.15, 0.2) is 0 Å². The Hall–Kier alpha value is -1.02. The third-order valence-electron chi connectivity index (χ3n) is 4.27. The van der Waals surface area contributed by atoms with Crippen LogP contribution in [0, 0.1) is 5.92 Å². The number of aryl methyl sites for hydroxylation is 1. The zero-order chi connectivity index (χ0) is 11.5. The number of para-hydroxylation sites is 1. The van der Waals surface area contributed by atoms with E-state index in [1.165, 1.54) is 56.4 Å². The molecule has 1 fully saturated rings. The lowest BCUT2D eigenvalue weighted by molar-refractivity contribution is 0.380. The Balaban J connectivity index is 1.70. The Kier molecular flexibility index (Phi) is 3.32. The lowest BCUT2D eigenvalue weighted by Crippen LogP contribution is -2.33. The van der Waals surface area contributed by atoms with Crippen LogP contribution in [-0.2, 0) is 6.42 Å². The first-order chi connectivity index (χ1) is 8.43. The van der Waals surface area contributed by atoms with Crippen LogP contribution < -0.4 is 10.6 Å². The van der Waals surface area contributed by atoms with Crippen molar-refractivity contribution in [1.82, 2.24) is 5.32 Å². The first-order valence-corrected chi connectivity index (χ1v) is 6.98. The van der Waals surface area contributed by atoms with E-state index in [0.717, 1.165) is 5.92 Å². The molecular formula is C15H22N2. The molecule has 0 spiro atoms. The summed E-state index contributed by atoms with van der Waals surface area (Å²) < 4.78 is 0. The van der Waals surface area contributed by atoms with Crippen molar-refractivity contribution < 1.29 is 0 Å². The summed E-state index contributed by atoms with van der Waals surface area (Å²) >= 11 is 0. The number of rotatable bonds is 1. The van der Waals surface area contributed by atoms with Gasteiger partial charge in [-0.2, -0.15) is 0 Å². The fourth-order valence-electron chi connectivity index (χ4n) is 3.26. The van der Waals surface area contributed by atoms with Crippen LogP contribution >= 0.6 is 0 Å². The molecule has 0 aliphatic carbocycles. The molecule has 2 aliphatic heterocycles. The van der Waals surface area contributed by atoms with Gasteiger partial charge in [0.1, 0.15) is 0 Å². The van der Waals surface area contributed by atoms with E-state index in [1.54, 1.807) is 0 Å². The van der Waals surface area contributed by atoms with Crippen LogP contribution in [0.1, 0.15) is 31.2 Å². The predicted molar refractivity (Wildman–Crippen MR) is 72.4 cm³/mol. The molecule has 2 aliphatic rings. The summed E-state index contributed by atoms with van der Waals surface area (Å²) in [7, 11) is 0. The highest BCUT2D eigenvalue weighted by atomic mass is 14.9. The number of benzene rings is 1. The molecule has 1 aromatic carbocycles. The Labute approximate surface area is 104 Å². The van der Waals surface area contributed by atoms with Crippen molar-refractivity contribution >= 4 is 5.69 Å². The number of anilines is 1. The van der Waals surface area contributed by atoms with Crippen LogP contribution in [0.15, 0.2) is 24.3 Å². The van der Waals surface area contributed by atoms with Gasteiger partial charge < -0.3 is 10.6 Å². The van der Waals surface area contributed by atoms with Crippen LogP contribution in [0.2, 0.25) is 0 Å². The second-order valence-electron chi connectivity index (χ2n) is 5.39. The van der Waals surface area contributed by atoms with E-state index in [2.05, 4.69) is 34.9 Å². The van der Waals surface area contributed by atoms with Gasteiger partial charge in [0.2, 0.25) is 0 Å². The molecule has 1 aromatic rings. The van der Waals surface area contributed by atoms with Gasteiger partial charge in [-0.15, -0.1) is 0 Å². The summed E-state index contributed by atoms with van der Waals surface area (Å²) in [5.41, 5.74) is 2.87. The number of nitrogens with one attached hydrogen (secondary N) is 2. The Morgan fingerprint density at radius 3 is 2.94 bits per heavy atom. The molecule has 17 heavy (non-hydrogen) atoms. The number of hydrogen-bond acceptors (Lipinski definition) is 2. The molecule has 2 heteroatoms. The van der Waals surface area contributed by atoms with Gasteiger partial charge >= 0.3 is 0 Å². The van der Waals surface area contributed by atoms with E-state index in [0.29, 0.717) is 6.04 Å². The molecule has 0 saturated carbocycles. The smallest absolute Gasteiger partial charge is 0.0374 e. The summed E-state index contributed by atoms with van der Waals surface area (Å²) in [4.78, 5) is 0. The first-order valence-electron chi connectivity index (χ1n) is 6.98. The molecule has 2 heterocycles. The molecule has 2 atom stereocenters. The van der Waals surface area contributed by atoms with Crippen LogP contribution in [0.4, 0.5) is 5.69 Å². The molecule has 3 rings (SSSR count). The summed E-state index contributed by atoms with van der Waals surface area (Å²) in [6.07, 6.45) is 6.61. The van der Waals surface area contributed by atoms with Crippen molar-refractivity contribution in [3.63, 3.8) is 0 Å². The average molecular weight is 230 g/mol. The van der Waals surface area contributed by atoms with Crippen LogP contribution in [0.5, 0.6) is 0 Å². The maximum absolute atomic E-state index is 3.77. The van der Waals surface area contributed by atoms with Crippen molar-refractivity contribution in [2.75, 3.05) is 18.4 Å². The second kappa shape index (κ2) is 5.09. The van der Waals surface area contributed by atoms with Gasteiger partial charge in [-0.05, 0) is 62.7 Å². The molecule has 0 aromatic heterocycles. The van der Waals surface area contributed by atoms with Crippen molar-refractivity contribution in [3.8, 4) is 0 Å². The monoisotopic (exact) mass is 230 g/mol. The molecule has 0 radical (unpaired) electrons. The minimum absolute atomic E-state index is 0.699. The maximum atomic E-state index is 3.77. The highest BCUT2D eigenvalue weighted by Crippen LogP contribution is 2.30. The molecule has 2 nitrogen and oxygen atoms in total. The SMILES string of the molecule is c1ccc2c(c1)CCC(C1CCCNCC1)N2. The highest BCUT2D eigenvalue weighted by molar-refractivity contribution is 5.53. The van der Waals surface area contributed by atoms with Crippen LogP contribution in [-0.4, -0.2) is 19.1 Å². The fourth-order valence-corrected chi connectivity index (χ4v) is 3.26. The quantitative estimate of drug-likeness (QED) is 0.775. The van der Waals surface area contributed by atoms with E-state index >= 15 is 0 Å². The third kappa shape index (κ3) is 2.47. The molecule has 1 saturated heterocycles. The van der Waals surface area contributed by atoms with Gasteiger partial charge in [0, 0.05) is 11.7 Å². The van der Waals surface area contributed by atoms with E-state index in [9.17, 15) is 0 Å². The lowest BCUT2D eigenvalue weighted by atomic mass is 9.85. The van der Waals surface area contributed by atoms with Gasteiger partial charge in [0.05, 0.1) is 0 Å². The van der Waals surface area contributed by atoms with Crippen molar-refractivity contribution in [2.45, 2.75) is 38.1 Å². The van der Waals surface area contributed by atoms with Crippen molar-refractivity contribution in [3.05, 3.63) is 29.8 Å². The Bertz CT molecular complexity index is 367. The zero-order valence-corrected chi connectivity index (χ0v) is 10.4. The standard InChI is InChI=1S/C15H22N2/c1-2-6-14-12(4-1)7-8-15(17-14)13-5-3-10-16-11-9-13/h1-2,4,6,13,15-17H,3,5,7-11H2. The normalized spacial score (nSPS) is 28.9. The second-order valence-corrected chi connectivity index (χ2v) is 5.39. The molecule has 92 valence electrons. The number of hydrogen-bond donors (Lipinski definition) is 2. The van der Waals surface area contributed by atoms with Crippen LogP contribution in [0.25, 0.3) is 0 Å². The van der Waals surface area contributed by atoms with Gasteiger partial charge in [-0.3, -0.25) is 0 Å². The molecule has 2 unspecified atom stereocenters. The van der Waals surface area contributed by atoms with E-state index in [-0.39, 0.29) is 0 Å². The van der Waals surface area contributed by atoms with Crippen molar-refractivity contribution in [1.29, 1.82) is 0 Å². The summed E-state index contributed by atoms with van der Waals surface area (Å²) in [5.74, 6) is 0.860. The van der Waals surface area contributed by atoms with Crippen molar-refractivity contribution in [2.24, 2.45) is 5.92 Å². The van der Waals surface area contributed by atoms with E-state index in [4.69, 9.17) is 0 Å². The maximum Gasteiger partial charge on any atom is 0.0374 e. The topological polar surface area (TPSA) is 24.1 Å². The number of fused-ring (bicyclic) bond motifs is 1. The molecule has 0 bridgehead atoms. The van der Waals surface area contributed by atoms with Gasteiger partial charge in [-0.25, -0.2) is 0 Å². The predicted octanol–water partition coefficient (Wildman–Crippen LogP) is 2.80. The lowest BCUT2D eigenvalue weighted by Gasteiger charge is -2.32. The molecular weight excluding hydrogens is 208 g/mol. The van der Waals surface area contributed by atoms with Gasteiger partial charge in [-0.1, -0.05) is 18.2 Å². The van der Waals surface area contributed by atoms with Gasteiger partial charge in [0.25, 0.3) is 0 Å².